The van der Waals surface area contributed by atoms with Crippen LogP contribution in [0.5, 0.6) is 0 Å². The van der Waals surface area contributed by atoms with Crippen molar-refractivity contribution in [1.82, 2.24) is 9.38 Å². The van der Waals surface area contributed by atoms with Gasteiger partial charge in [0.05, 0.1) is 6.61 Å². The van der Waals surface area contributed by atoms with Gasteiger partial charge < -0.3 is 9.14 Å². The summed E-state index contributed by atoms with van der Waals surface area (Å²) in [7, 11) is 0. The maximum atomic E-state index is 10.7. The third-order valence-electron chi connectivity index (χ3n) is 2.49. The lowest BCUT2D eigenvalue weighted by Gasteiger charge is -2.10. The monoisotopic (exact) mass is 218 g/mol. The molecule has 0 bridgehead atoms. The first-order valence-corrected chi connectivity index (χ1v) is 5.24. The lowest BCUT2D eigenvalue weighted by Crippen LogP contribution is -2.09. The molecule has 1 atom stereocenters. The van der Waals surface area contributed by atoms with Gasteiger partial charge in [-0.2, -0.15) is 0 Å². The number of ether oxygens (including phenoxy) is 1. The van der Waals surface area contributed by atoms with E-state index in [1.54, 1.807) is 0 Å². The van der Waals surface area contributed by atoms with Crippen molar-refractivity contribution < 1.29 is 9.53 Å². The topological polar surface area (TPSA) is 43.6 Å². The second kappa shape index (κ2) is 4.35. The molecule has 2 heterocycles. The van der Waals surface area contributed by atoms with Gasteiger partial charge in [-0.15, -0.1) is 0 Å². The molecule has 0 N–H and O–H groups in total. The average molecular weight is 218 g/mol. The molecule has 0 amide bonds. The molecule has 84 valence electrons. The molecule has 0 radical (unpaired) electrons. The largest absolute Gasteiger partial charge is 0.465 e. The third kappa shape index (κ3) is 2.05. The second-order valence-electron chi connectivity index (χ2n) is 3.82. The standard InChI is InChI=1S/C12H14N2O2/c1-9(8-16-10(2)15)11-7-13-12-5-3-4-6-14(11)12/h3-7,9H,8H2,1-2H3. The Bertz CT molecular complexity index is 504. The van der Waals surface area contributed by atoms with Gasteiger partial charge in [0.2, 0.25) is 0 Å². The van der Waals surface area contributed by atoms with E-state index >= 15 is 0 Å². The zero-order chi connectivity index (χ0) is 11.5. The van der Waals surface area contributed by atoms with Gasteiger partial charge in [0.15, 0.2) is 0 Å². The molecule has 0 fully saturated rings. The highest BCUT2D eigenvalue weighted by Crippen LogP contribution is 2.17. The predicted octanol–water partition coefficient (Wildman–Crippen LogP) is 2.00. The fourth-order valence-electron chi connectivity index (χ4n) is 1.64. The van der Waals surface area contributed by atoms with Gasteiger partial charge >= 0.3 is 5.97 Å². The molecule has 0 aliphatic rings. The van der Waals surface area contributed by atoms with Crippen molar-refractivity contribution in [3.63, 3.8) is 0 Å². The number of rotatable bonds is 3. The number of esters is 1. The van der Waals surface area contributed by atoms with E-state index in [1.165, 1.54) is 6.92 Å². The van der Waals surface area contributed by atoms with Crippen LogP contribution in [0.1, 0.15) is 25.5 Å². The van der Waals surface area contributed by atoms with Crippen molar-refractivity contribution in [2.45, 2.75) is 19.8 Å². The van der Waals surface area contributed by atoms with E-state index in [4.69, 9.17) is 4.74 Å². The summed E-state index contributed by atoms with van der Waals surface area (Å²) >= 11 is 0. The van der Waals surface area contributed by atoms with E-state index < -0.39 is 0 Å². The second-order valence-corrected chi connectivity index (χ2v) is 3.82. The smallest absolute Gasteiger partial charge is 0.302 e. The average Bonchev–Trinajstić information content (AvgIpc) is 2.69. The minimum Gasteiger partial charge on any atom is -0.465 e. The van der Waals surface area contributed by atoms with Gasteiger partial charge in [-0.25, -0.2) is 4.98 Å². The number of hydrogen-bond donors (Lipinski definition) is 0. The minimum absolute atomic E-state index is 0.140. The van der Waals surface area contributed by atoms with Crippen LogP contribution in [0.25, 0.3) is 5.65 Å². The molecule has 0 saturated carbocycles. The molecule has 0 spiro atoms. The zero-order valence-corrected chi connectivity index (χ0v) is 9.38. The number of hydrogen-bond acceptors (Lipinski definition) is 3. The Morgan fingerprint density at radius 1 is 1.56 bits per heavy atom. The predicted molar refractivity (Wildman–Crippen MR) is 60.2 cm³/mol. The molecule has 1 unspecified atom stereocenters. The van der Waals surface area contributed by atoms with Gasteiger partial charge in [0.25, 0.3) is 0 Å². The van der Waals surface area contributed by atoms with Crippen LogP contribution in [-0.4, -0.2) is 22.0 Å². The van der Waals surface area contributed by atoms with Crippen LogP contribution in [-0.2, 0) is 9.53 Å². The van der Waals surface area contributed by atoms with Crippen LogP contribution < -0.4 is 0 Å². The lowest BCUT2D eigenvalue weighted by atomic mass is 10.1. The summed E-state index contributed by atoms with van der Waals surface area (Å²) in [6, 6.07) is 5.85. The number of nitrogens with zero attached hydrogens (tertiary/aromatic N) is 2. The first-order chi connectivity index (χ1) is 7.68. The van der Waals surface area contributed by atoms with Crippen molar-refractivity contribution in [3.05, 3.63) is 36.3 Å². The van der Waals surface area contributed by atoms with Crippen LogP contribution >= 0.6 is 0 Å². The van der Waals surface area contributed by atoms with Gasteiger partial charge in [0.1, 0.15) is 5.65 Å². The van der Waals surface area contributed by atoms with Crippen molar-refractivity contribution in [2.75, 3.05) is 6.61 Å². The van der Waals surface area contributed by atoms with E-state index in [9.17, 15) is 4.79 Å². The van der Waals surface area contributed by atoms with Gasteiger partial charge in [-0.3, -0.25) is 4.79 Å². The highest BCUT2D eigenvalue weighted by Gasteiger charge is 2.12. The molecule has 0 aliphatic heterocycles. The number of carbonyl (C=O) groups is 1. The maximum absolute atomic E-state index is 10.7. The number of pyridine rings is 1. The Hall–Kier alpha value is -1.84. The number of fused-ring (bicyclic) bond motifs is 1. The van der Waals surface area contributed by atoms with Crippen LogP contribution in [0.2, 0.25) is 0 Å². The SMILES string of the molecule is CC(=O)OCC(C)c1cnc2ccccn12. The number of imidazole rings is 1. The molecule has 2 rings (SSSR count). The summed E-state index contributed by atoms with van der Waals surface area (Å²) in [5, 5.41) is 0. The summed E-state index contributed by atoms with van der Waals surface area (Å²) < 4.78 is 7.00. The van der Waals surface area contributed by atoms with E-state index in [-0.39, 0.29) is 11.9 Å². The van der Waals surface area contributed by atoms with Crippen molar-refractivity contribution in [2.24, 2.45) is 0 Å². The molecule has 16 heavy (non-hydrogen) atoms. The van der Waals surface area contributed by atoms with Gasteiger partial charge in [-0.1, -0.05) is 13.0 Å². The molecule has 0 aromatic carbocycles. The zero-order valence-electron chi connectivity index (χ0n) is 9.38. The van der Waals surface area contributed by atoms with Crippen LogP contribution in [0.15, 0.2) is 30.6 Å². The van der Waals surface area contributed by atoms with Crippen LogP contribution in [0, 0.1) is 0 Å². The molecule has 2 aromatic heterocycles. The molecule has 0 aliphatic carbocycles. The first-order valence-electron chi connectivity index (χ1n) is 5.24. The van der Waals surface area contributed by atoms with Crippen LogP contribution in [0.4, 0.5) is 0 Å². The van der Waals surface area contributed by atoms with E-state index in [1.807, 2.05) is 41.9 Å². The van der Waals surface area contributed by atoms with Crippen molar-refractivity contribution in [3.8, 4) is 0 Å². The van der Waals surface area contributed by atoms with Crippen molar-refractivity contribution in [1.29, 1.82) is 0 Å². The molecular formula is C12H14N2O2. The Morgan fingerprint density at radius 3 is 3.12 bits per heavy atom. The Labute approximate surface area is 93.9 Å². The third-order valence-corrected chi connectivity index (χ3v) is 2.49. The molecule has 4 nitrogen and oxygen atoms in total. The van der Waals surface area contributed by atoms with E-state index in [0.29, 0.717) is 6.61 Å². The fourth-order valence-corrected chi connectivity index (χ4v) is 1.64. The normalized spacial score (nSPS) is 12.6. The first kappa shape index (κ1) is 10.7. The van der Waals surface area contributed by atoms with E-state index in [2.05, 4.69) is 4.98 Å². The molecule has 2 aromatic rings. The summed E-state index contributed by atoms with van der Waals surface area (Å²) in [6.45, 7) is 3.82. The Morgan fingerprint density at radius 2 is 2.38 bits per heavy atom. The summed E-state index contributed by atoms with van der Waals surface area (Å²) in [4.78, 5) is 15.0. The summed E-state index contributed by atoms with van der Waals surface area (Å²) in [5.74, 6) is -0.109. The van der Waals surface area contributed by atoms with Crippen LogP contribution in [0.3, 0.4) is 0 Å². The number of aromatic nitrogens is 2. The van der Waals surface area contributed by atoms with Gasteiger partial charge in [-0.05, 0) is 12.1 Å². The molecule has 0 saturated heterocycles. The van der Waals surface area contributed by atoms with E-state index in [0.717, 1.165) is 11.3 Å². The molecular weight excluding hydrogens is 204 g/mol. The minimum atomic E-state index is -0.249. The quantitative estimate of drug-likeness (QED) is 0.740. The molecule has 4 heteroatoms. The number of carbonyl (C=O) groups excluding carboxylic acids is 1. The van der Waals surface area contributed by atoms with Crippen molar-refractivity contribution >= 4 is 11.6 Å². The Balaban J connectivity index is 2.22. The summed E-state index contributed by atoms with van der Waals surface area (Å²) in [6.07, 6.45) is 3.78. The summed E-state index contributed by atoms with van der Waals surface area (Å²) in [5.41, 5.74) is 1.96. The Kier molecular flexibility index (Phi) is 2.90. The van der Waals surface area contributed by atoms with Gasteiger partial charge in [0, 0.05) is 30.9 Å². The fraction of sp³-hybridized carbons (Fsp3) is 0.333. The maximum Gasteiger partial charge on any atom is 0.302 e. The highest BCUT2D eigenvalue weighted by atomic mass is 16.5. The highest BCUT2D eigenvalue weighted by molar-refractivity contribution is 5.65. The lowest BCUT2D eigenvalue weighted by molar-refractivity contribution is -0.141.